The van der Waals surface area contributed by atoms with E-state index >= 15 is 0 Å². The number of benzene rings is 1. The molecule has 0 aromatic heterocycles. The SMILES string of the molecule is Cc1ccc(C(N)C(=O)N2CC(=O)NC(=O)C2)cc1.Cl. The zero-order chi connectivity index (χ0) is 14.0. The predicted molar refractivity (Wildman–Crippen MR) is 75.1 cm³/mol. The summed E-state index contributed by atoms with van der Waals surface area (Å²) in [5, 5.41) is 2.14. The van der Waals surface area contributed by atoms with E-state index in [1.54, 1.807) is 12.1 Å². The highest BCUT2D eigenvalue weighted by molar-refractivity contribution is 6.03. The number of nitrogens with two attached hydrogens (primary N) is 1. The van der Waals surface area contributed by atoms with Gasteiger partial charge in [0.05, 0.1) is 0 Å². The van der Waals surface area contributed by atoms with Crippen LogP contribution in [0.4, 0.5) is 0 Å². The molecule has 0 aliphatic carbocycles. The molecule has 108 valence electrons. The Hall–Kier alpha value is -1.92. The molecule has 0 saturated carbocycles. The van der Waals surface area contributed by atoms with E-state index < -0.39 is 23.8 Å². The molecule has 1 aliphatic heterocycles. The van der Waals surface area contributed by atoms with Gasteiger partial charge in [0, 0.05) is 0 Å². The van der Waals surface area contributed by atoms with Crippen molar-refractivity contribution in [2.24, 2.45) is 5.73 Å². The molecule has 20 heavy (non-hydrogen) atoms. The minimum absolute atomic E-state index is 0. The molecule has 1 unspecified atom stereocenters. The summed E-state index contributed by atoms with van der Waals surface area (Å²) in [6.07, 6.45) is 0. The molecule has 1 aromatic rings. The molecule has 3 amide bonds. The van der Waals surface area contributed by atoms with Gasteiger partial charge in [0.25, 0.3) is 0 Å². The predicted octanol–water partition coefficient (Wildman–Crippen LogP) is -0.0984. The lowest BCUT2D eigenvalue weighted by molar-refractivity contribution is -0.146. The number of halogens is 1. The van der Waals surface area contributed by atoms with E-state index in [9.17, 15) is 14.4 Å². The number of carbonyl (C=O) groups is 3. The fourth-order valence-corrected chi connectivity index (χ4v) is 1.91. The normalized spacial score (nSPS) is 16.2. The number of nitrogens with one attached hydrogen (secondary N) is 1. The van der Waals surface area contributed by atoms with Crippen LogP contribution in [0.5, 0.6) is 0 Å². The van der Waals surface area contributed by atoms with Crippen LogP contribution in [-0.2, 0) is 14.4 Å². The van der Waals surface area contributed by atoms with Crippen molar-refractivity contribution in [1.82, 2.24) is 10.2 Å². The summed E-state index contributed by atoms with van der Waals surface area (Å²) in [6.45, 7) is 1.67. The summed E-state index contributed by atoms with van der Waals surface area (Å²) in [5.74, 6) is -1.39. The van der Waals surface area contributed by atoms with Crippen LogP contribution >= 0.6 is 12.4 Å². The molecule has 1 aromatic carbocycles. The van der Waals surface area contributed by atoms with Gasteiger partial charge in [-0.3, -0.25) is 19.7 Å². The van der Waals surface area contributed by atoms with Gasteiger partial charge in [-0.1, -0.05) is 29.8 Å². The van der Waals surface area contributed by atoms with E-state index in [0.717, 1.165) is 5.56 Å². The number of rotatable bonds is 2. The van der Waals surface area contributed by atoms with Crippen molar-refractivity contribution in [3.63, 3.8) is 0 Å². The van der Waals surface area contributed by atoms with Crippen LogP contribution in [0.15, 0.2) is 24.3 Å². The van der Waals surface area contributed by atoms with E-state index in [4.69, 9.17) is 5.73 Å². The van der Waals surface area contributed by atoms with Gasteiger partial charge in [0.2, 0.25) is 17.7 Å². The number of carbonyl (C=O) groups excluding carboxylic acids is 3. The standard InChI is InChI=1S/C13H15N3O3.ClH/c1-8-2-4-9(5-3-8)12(14)13(19)16-6-10(17)15-11(18)7-16;/h2-5,12H,6-7,14H2,1H3,(H,15,17,18);1H. The third-order valence-corrected chi connectivity index (χ3v) is 2.96. The molecule has 3 N–H and O–H groups in total. The lowest BCUT2D eigenvalue weighted by atomic mass is 10.0. The van der Waals surface area contributed by atoms with Gasteiger partial charge in [-0.15, -0.1) is 12.4 Å². The van der Waals surface area contributed by atoms with Crippen LogP contribution in [0, 0.1) is 6.92 Å². The first kappa shape index (κ1) is 16.1. The second-order valence-electron chi connectivity index (χ2n) is 4.55. The number of hydrogen-bond donors (Lipinski definition) is 2. The Labute approximate surface area is 122 Å². The molecule has 2 rings (SSSR count). The summed E-state index contributed by atoms with van der Waals surface area (Å²) >= 11 is 0. The van der Waals surface area contributed by atoms with Crippen LogP contribution in [0.2, 0.25) is 0 Å². The average molecular weight is 298 g/mol. The Morgan fingerprint density at radius 1 is 1.20 bits per heavy atom. The molecule has 1 aliphatic rings. The maximum atomic E-state index is 12.1. The van der Waals surface area contributed by atoms with E-state index in [1.165, 1.54) is 4.90 Å². The molecule has 1 heterocycles. The first-order valence-electron chi connectivity index (χ1n) is 5.91. The second kappa shape index (κ2) is 6.49. The monoisotopic (exact) mass is 297 g/mol. The van der Waals surface area contributed by atoms with Crippen LogP contribution in [0.25, 0.3) is 0 Å². The smallest absolute Gasteiger partial charge is 0.246 e. The second-order valence-corrected chi connectivity index (χ2v) is 4.55. The van der Waals surface area contributed by atoms with Crippen molar-refractivity contribution in [2.45, 2.75) is 13.0 Å². The first-order valence-corrected chi connectivity index (χ1v) is 5.91. The molecular weight excluding hydrogens is 282 g/mol. The Kier molecular flexibility index (Phi) is 5.24. The molecule has 0 bridgehead atoms. The van der Waals surface area contributed by atoms with Gasteiger partial charge < -0.3 is 10.6 Å². The van der Waals surface area contributed by atoms with Gasteiger partial charge in [-0.2, -0.15) is 0 Å². The summed E-state index contributed by atoms with van der Waals surface area (Å²) in [6, 6.07) is 6.39. The topological polar surface area (TPSA) is 92.5 Å². The van der Waals surface area contributed by atoms with Crippen molar-refractivity contribution in [3.8, 4) is 0 Å². The zero-order valence-corrected chi connectivity index (χ0v) is 11.8. The minimum atomic E-state index is -0.862. The summed E-state index contributed by atoms with van der Waals surface area (Å²) < 4.78 is 0. The van der Waals surface area contributed by atoms with Crippen LogP contribution < -0.4 is 11.1 Å². The summed E-state index contributed by atoms with van der Waals surface area (Å²) in [4.78, 5) is 35.8. The van der Waals surface area contributed by atoms with Gasteiger partial charge in [-0.05, 0) is 12.5 Å². The summed E-state index contributed by atoms with van der Waals surface area (Å²) in [7, 11) is 0. The zero-order valence-electron chi connectivity index (χ0n) is 11.0. The molecule has 6 nitrogen and oxygen atoms in total. The lowest BCUT2D eigenvalue weighted by Crippen LogP contribution is -2.55. The van der Waals surface area contributed by atoms with Crippen LogP contribution in [0.1, 0.15) is 17.2 Å². The van der Waals surface area contributed by atoms with Crippen molar-refractivity contribution in [3.05, 3.63) is 35.4 Å². The molecule has 0 spiro atoms. The van der Waals surface area contributed by atoms with Crippen LogP contribution in [-0.4, -0.2) is 35.7 Å². The maximum absolute atomic E-state index is 12.1. The van der Waals surface area contributed by atoms with Gasteiger partial charge in [-0.25, -0.2) is 0 Å². The highest BCUT2D eigenvalue weighted by Gasteiger charge is 2.30. The molecule has 7 heteroatoms. The van der Waals surface area contributed by atoms with Crippen molar-refractivity contribution in [1.29, 1.82) is 0 Å². The van der Waals surface area contributed by atoms with Crippen molar-refractivity contribution < 1.29 is 14.4 Å². The van der Waals surface area contributed by atoms with Crippen molar-refractivity contribution in [2.75, 3.05) is 13.1 Å². The fraction of sp³-hybridized carbons (Fsp3) is 0.308. The number of nitrogens with zero attached hydrogens (tertiary/aromatic N) is 1. The van der Waals surface area contributed by atoms with E-state index in [0.29, 0.717) is 5.56 Å². The van der Waals surface area contributed by atoms with Gasteiger partial charge >= 0.3 is 0 Å². The molecular formula is C13H16ClN3O3. The number of imide groups is 1. The Bertz CT molecular complexity index is 514. The highest BCUT2D eigenvalue weighted by atomic mass is 35.5. The fourth-order valence-electron chi connectivity index (χ4n) is 1.91. The van der Waals surface area contributed by atoms with E-state index in [1.807, 2.05) is 19.1 Å². The number of aryl methyl sites for hydroxylation is 1. The van der Waals surface area contributed by atoms with Gasteiger partial charge in [0.1, 0.15) is 19.1 Å². The number of piperazine rings is 1. The molecule has 1 fully saturated rings. The Morgan fingerprint density at radius 3 is 2.20 bits per heavy atom. The molecule has 1 atom stereocenters. The highest BCUT2D eigenvalue weighted by Crippen LogP contribution is 2.14. The number of amides is 3. The lowest BCUT2D eigenvalue weighted by Gasteiger charge is -2.27. The third kappa shape index (κ3) is 3.55. The first-order chi connectivity index (χ1) is 8.97. The van der Waals surface area contributed by atoms with Crippen LogP contribution in [0.3, 0.4) is 0 Å². The van der Waals surface area contributed by atoms with E-state index in [-0.39, 0.29) is 25.5 Å². The minimum Gasteiger partial charge on any atom is -0.322 e. The molecule has 1 saturated heterocycles. The quantitative estimate of drug-likeness (QED) is 0.746. The third-order valence-electron chi connectivity index (χ3n) is 2.96. The Balaban J connectivity index is 0.00000200. The average Bonchev–Trinajstić information content (AvgIpc) is 2.37. The number of hydrogen-bond acceptors (Lipinski definition) is 4. The summed E-state index contributed by atoms with van der Waals surface area (Å²) in [5.41, 5.74) is 7.60. The van der Waals surface area contributed by atoms with Crippen molar-refractivity contribution >= 4 is 30.1 Å². The maximum Gasteiger partial charge on any atom is 0.246 e. The Morgan fingerprint density at radius 2 is 1.70 bits per heavy atom. The van der Waals surface area contributed by atoms with Gasteiger partial charge in [0.15, 0.2) is 0 Å². The molecule has 0 radical (unpaired) electrons. The largest absolute Gasteiger partial charge is 0.322 e. The van der Waals surface area contributed by atoms with E-state index in [2.05, 4.69) is 5.32 Å².